The summed E-state index contributed by atoms with van der Waals surface area (Å²) >= 11 is 0. The fraction of sp³-hybridized carbons (Fsp3) is 1.00. The maximum absolute atomic E-state index is 9.95. The van der Waals surface area contributed by atoms with Crippen LogP contribution in [0.4, 0.5) is 0 Å². The molecule has 1 saturated carbocycles. The fourth-order valence-corrected chi connectivity index (χ4v) is 1.93. The van der Waals surface area contributed by atoms with Gasteiger partial charge in [0.05, 0.1) is 6.61 Å². The molecule has 0 radical (unpaired) electrons. The molecule has 84 valence electrons. The fourth-order valence-electron chi connectivity index (χ4n) is 1.93. The van der Waals surface area contributed by atoms with Gasteiger partial charge in [0.25, 0.3) is 5.09 Å². The molecule has 0 saturated heterocycles. The van der Waals surface area contributed by atoms with Gasteiger partial charge in [-0.25, -0.2) is 0 Å². The third-order valence-electron chi connectivity index (χ3n) is 2.64. The van der Waals surface area contributed by atoms with Gasteiger partial charge >= 0.3 is 0 Å². The predicted octanol–water partition coefficient (Wildman–Crippen LogP) is 1.38. The lowest BCUT2D eigenvalue weighted by Gasteiger charge is -2.27. The Morgan fingerprint density at radius 3 is 2.64 bits per heavy atom. The molecule has 0 aliphatic heterocycles. The molecule has 0 aromatic heterocycles. The van der Waals surface area contributed by atoms with E-state index in [-0.39, 0.29) is 19.0 Å². The predicted molar refractivity (Wildman–Crippen MR) is 54.7 cm³/mol. The van der Waals surface area contributed by atoms with E-state index in [0.29, 0.717) is 18.4 Å². The van der Waals surface area contributed by atoms with E-state index in [0.717, 1.165) is 25.7 Å². The standard InChI is InChI=1S/C8H16N2O3.ClH/c9-5-7-2-1-3-8(4-7)6-13-10(11)12;/h7-8H,1-6,9H2;1H. The third-order valence-corrected chi connectivity index (χ3v) is 2.64. The van der Waals surface area contributed by atoms with Crippen molar-refractivity contribution in [1.82, 2.24) is 0 Å². The van der Waals surface area contributed by atoms with Crippen molar-refractivity contribution >= 4 is 12.4 Å². The molecule has 1 aliphatic rings. The lowest BCUT2D eigenvalue weighted by molar-refractivity contribution is -0.759. The van der Waals surface area contributed by atoms with Gasteiger partial charge in [-0.05, 0) is 37.6 Å². The van der Waals surface area contributed by atoms with E-state index in [9.17, 15) is 10.1 Å². The lowest BCUT2D eigenvalue weighted by Crippen LogP contribution is -2.25. The highest BCUT2D eigenvalue weighted by atomic mass is 35.5. The minimum atomic E-state index is -0.716. The number of rotatable bonds is 4. The average molecular weight is 225 g/mol. The van der Waals surface area contributed by atoms with Gasteiger partial charge in [-0.3, -0.25) is 0 Å². The minimum absolute atomic E-state index is 0. The number of nitrogens with two attached hydrogens (primary N) is 1. The number of halogens is 1. The molecule has 5 nitrogen and oxygen atoms in total. The molecule has 2 unspecified atom stereocenters. The van der Waals surface area contributed by atoms with Crippen molar-refractivity contribution in [1.29, 1.82) is 0 Å². The van der Waals surface area contributed by atoms with Crippen LogP contribution in [0.5, 0.6) is 0 Å². The van der Waals surface area contributed by atoms with Crippen molar-refractivity contribution in [2.45, 2.75) is 25.7 Å². The van der Waals surface area contributed by atoms with Gasteiger partial charge in [-0.15, -0.1) is 22.5 Å². The smallest absolute Gasteiger partial charge is 0.294 e. The molecule has 2 atom stereocenters. The summed E-state index contributed by atoms with van der Waals surface area (Å²) in [5.74, 6) is 0.863. The van der Waals surface area contributed by atoms with Crippen LogP contribution < -0.4 is 5.73 Å². The molecule has 1 rings (SSSR count). The first-order chi connectivity index (χ1) is 6.22. The lowest BCUT2D eigenvalue weighted by atomic mass is 9.82. The summed E-state index contributed by atoms with van der Waals surface area (Å²) in [5.41, 5.74) is 5.55. The average Bonchev–Trinajstić information content (AvgIpc) is 2.15. The van der Waals surface area contributed by atoms with Crippen LogP contribution in [0.2, 0.25) is 0 Å². The molecule has 0 aromatic carbocycles. The molecule has 0 amide bonds. The van der Waals surface area contributed by atoms with Crippen LogP contribution in [0.15, 0.2) is 0 Å². The van der Waals surface area contributed by atoms with Crippen molar-refractivity contribution < 1.29 is 9.92 Å². The Morgan fingerprint density at radius 2 is 2.07 bits per heavy atom. The Morgan fingerprint density at radius 1 is 1.43 bits per heavy atom. The second kappa shape index (κ2) is 6.84. The summed E-state index contributed by atoms with van der Waals surface area (Å²) in [6.07, 6.45) is 4.29. The first-order valence-corrected chi connectivity index (χ1v) is 4.69. The molecule has 2 N–H and O–H groups in total. The van der Waals surface area contributed by atoms with Gasteiger partial charge in [0.15, 0.2) is 0 Å². The number of hydrogen-bond donors (Lipinski definition) is 1. The number of hydrogen-bond acceptors (Lipinski definition) is 4. The Hall–Kier alpha value is -0.550. The zero-order valence-electron chi connectivity index (χ0n) is 8.05. The molecular formula is C8H17ClN2O3. The summed E-state index contributed by atoms with van der Waals surface area (Å²) in [7, 11) is 0. The highest BCUT2D eigenvalue weighted by Gasteiger charge is 2.21. The second-order valence-electron chi connectivity index (χ2n) is 3.65. The Kier molecular flexibility index (Phi) is 6.57. The van der Waals surface area contributed by atoms with Crippen molar-refractivity contribution in [2.75, 3.05) is 13.2 Å². The van der Waals surface area contributed by atoms with Gasteiger partial charge < -0.3 is 10.6 Å². The van der Waals surface area contributed by atoms with Gasteiger partial charge in [-0.1, -0.05) is 6.42 Å². The highest BCUT2D eigenvalue weighted by molar-refractivity contribution is 5.85. The van der Waals surface area contributed by atoms with E-state index in [1.165, 1.54) is 0 Å². The van der Waals surface area contributed by atoms with Crippen LogP contribution in [0.1, 0.15) is 25.7 Å². The van der Waals surface area contributed by atoms with Crippen LogP contribution in [-0.4, -0.2) is 18.2 Å². The molecule has 0 bridgehead atoms. The van der Waals surface area contributed by atoms with Gasteiger partial charge in [0.1, 0.15) is 0 Å². The van der Waals surface area contributed by atoms with Crippen molar-refractivity contribution in [3.8, 4) is 0 Å². The van der Waals surface area contributed by atoms with Crippen LogP contribution in [0.3, 0.4) is 0 Å². The quantitative estimate of drug-likeness (QED) is 0.578. The van der Waals surface area contributed by atoms with Crippen molar-refractivity contribution in [3.63, 3.8) is 0 Å². The first kappa shape index (κ1) is 13.4. The number of nitrogens with zero attached hydrogens (tertiary/aromatic N) is 1. The van der Waals surface area contributed by atoms with E-state index in [1.54, 1.807) is 0 Å². The molecule has 0 spiro atoms. The van der Waals surface area contributed by atoms with Gasteiger partial charge in [-0.2, -0.15) is 0 Å². The summed E-state index contributed by atoms with van der Waals surface area (Å²) < 4.78 is 0. The third kappa shape index (κ3) is 4.62. The molecule has 0 heterocycles. The van der Waals surface area contributed by atoms with Crippen LogP contribution in [-0.2, 0) is 4.84 Å². The zero-order chi connectivity index (χ0) is 9.68. The Balaban J connectivity index is 0.00000169. The molecule has 1 fully saturated rings. The topological polar surface area (TPSA) is 78.4 Å². The van der Waals surface area contributed by atoms with Crippen LogP contribution in [0, 0.1) is 22.0 Å². The highest BCUT2D eigenvalue weighted by Crippen LogP contribution is 2.28. The molecule has 6 heteroatoms. The molecular weight excluding hydrogens is 208 g/mol. The zero-order valence-corrected chi connectivity index (χ0v) is 8.87. The summed E-state index contributed by atoms with van der Waals surface area (Å²) in [6, 6.07) is 0. The van der Waals surface area contributed by atoms with E-state index < -0.39 is 5.09 Å². The SMILES string of the molecule is Cl.NCC1CCCC(CO[N+](=O)[O-])C1. The van der Waals surface area contributed by atoms with Crippen LogP contribution >= 0.6 is 12.4 Å². The summed E-state index contributed by atoms with van der Waals surface area (Å²) in [5, 5.41) is 9.24. The van der Waals surface area contributed by atoms with E-state index in [1.807, 2.05) is 0 Å². The summed E-state index contributed by atoms with van der Waals surface area (Å²) in [6.45, 7) is 0.929. The first-order valence-electron chi connectivity index (χ1n) is 4.69. The maximum atomic E-state index is 9.95. The Labute approximate surface area is 89.5 Å². The molecule has 0 aromatic rings. The monoisotopic (exact) mass is 224 g/mol. The Bertz CT molecular complexity index is 180. The normalized spacial score (nSPS) is 26.4. The van der Waals surface area contributed by atoms with Crippen LogP contribution in [0.25, 0.3) is 0 Å². The van der Waals surface area contributed by atoms with E-state index in [4.69, 9.17) is 5.73 Å². The maximum Gasteiger partial charge on any atom is 0.294 e. The van der Waals surface area contributed by atoms with Crippen molar-refractivity contribution in [3.05, 3.63) is 10.1 Å². The molecule has 1 aliphatic carbocycles. The summed E-state index contributed by atoms with van der Waals surface area (Å²) in [4.78, 5) is 14.3. The minimum Gasteiger partial charge on any atom is -0.330 e. The van der Waals surface area contributed by atoms with E-state index >= 15 is 0 Å². The van der Waals surface area contributed by atoms with Crippen molar-refractivity contribution in [2.24, 2.45) is 17.6 Å². The molecule has 14 heavy (non-hydrogen) atoms. The van der Waals surface area contributed by atoms with Gasteiger partial charge in [0.2, 0.25) is 0 Å². The largest absolute Gasteiger partial charge is 0.330 e. The second-order valence-corrected chi connectivity index (χ2v) is 3.65. The van der Waals surface area contributed by atoms with Gasteiger partial charge in [0, 0.05) is 0 Å². The van der Waals surface area contributed by atoms with E-state index in [2.05, 4.69) is 4.84 Å².